The first-order valence-electron chi connectivity index (χ1n) is 5.69. The number of anilines is 1. The molecule has 0 aromatic heterocycles. The predicted molar refractivity (Wildman–Crippen MR) is 63.7 cm³/mol. The zero-order chi connectivity index (χ0) is 11.3. The summed E-state index contributed by atoms with van der Waals surface area (Å²) >= 11 is 0. The van der Waals surface area contributed by atoms with Crippen molar-refractivity contribution < 1.29 is 4.39 Å². The van der Waals surface area contributed by atoms with Crippen LogP contribution in [0, 0.1) is 12.7 Å². The van der Waals surface area contributed by atoms with Crippen LogP contribution in [0.2, 0.25) is 0 Å². The van der Waals surface area contributed by atoms with Crippen LogP contribution in [-0.2, 0) is 0 Å². The maximum Gasteiger partial charge on any atom is 0.125 e. The number of aryl methyl sites for hydroxylation is 1. The van der Waals surface area contributed by atoms with Gasteiger partial charge in [0.05, 0.1) is 0 Å². The molecule has 0 amide bonds. The zero-order valence-corrected chi connectivity index (χ0v) is 9.81. The molecule has 0 aliphatic heterocycles. The molecule has 1 unspecified atom stereocenters. The van der Waals surface area contributed by atoms with Gasteiger partial charge >= 0.3 is 0 Å². The molecule has 84 valence electrons. The van der Waals surface area contributed by atoms with Crippen molar-refractivity contribution in [2.75, 3.05) is 5.32 Å². The first-order chi connectivity index (χ1) is 7.15. The Morgan fingerprint density at radius 1 is 1.27 bits per heavy atom. The molecule has 1 aromatic rings. The number of hydrogen-bond donors (Lipinski definition) is 1. The van der Waals surface area contributed by atoms with E-state index in [4.69, 9.17) is 0 Å². The van der Waals surface area contributed by atoms with E-state index in [0.29, 0.717) is 6.04 Å². The van der Waals surface area contributed by atoms with Gasteiger partial charge in [-0.1, -0.05) is 20.3 Å². The van der Waals surface area contributed by atoms with Crippen LogP contribution in [0.5, 0.6) is 0 Å². The minimum Gasteiger partial charge on any atom is -0.382 e. The van der Waals surface area contributed by atoms with Crippen molar-refractivity contribution >= 4 is 5.69 Å². The van der Waals surface area contributed by atoms with E-state index in [1.54, 1.807) is 12.1 Å². The van der Waals surface area contributed by atoms with E-state index in [0.717, 1.165) is 30.5 Å². The Kier molecular flexibility index (Phi) is 4.60. The maximum atomic E-state index is 13.1. The fourth-order valence-electron chi connectivity index (χ4n) is 1.78. The molecule has 0 fully saturated rings. The van der Waals surface area contributed by atoms with Crippen LogP contribution >= 0.6 is 0 Å². The number of hydrogen-bond acceptors (Lipinski definition) is 1. The molecule has 15 heavy (non-hydrogen) atoms. The second kappa shape index (κ2) is 5.74. The predicted octanol–water partition coefficient (Wildman–Crippen LogP) is 4.12. The minimum absolute atomic E-state index is 0.163. The number of nitrogens with one attached hydrogen (secondary N) is 1. The largest absolute Gasteiger partial charge is 0.382 e. The average Bonchev–Trinajstić information content (AvgIpc) is 2.15. The fraction of sp³-hybridized carbons (Fsp3) is 0.538. The highest BCUT2D eigenvalue weighted by Gasteiger charge is 2.05. The Morgan fingerprint density at radius 2 is 2.00 bits per heavy atom. The Labute approximate surface area is 91.7 Å². The summed E-state index contributed by atoms with van der Waals surface area (Å²) in [7, 11) is 0. The van der Waals surface area contributed by atoms with E-state index in [2.05, 4.69) is 19.2 Å². The van der Waals surface area contributed by atoms with Crippen molar-refractivity contribution in [1.29, 1.82) is 0 Å². The topological polar surface area (TPSA) is 12.0 Å². The minimum atomic E-state index is -0.163. The molecule has 0 bridgehead atoms. The molecule has 1 aromatic carbocycles. The summed E-state index contributed by atoms with van der Waals surface area (Å²) in [5, 5.41) is 3.37. The highest BCUT2D eigenvalue weighted by Crippen LogP contribution is 2.16. The van der Waals surface area contributed by atoms with Gasteiger partial charge in [-0.2, -0.15) is 0 Å². The third-order valence-corrected chi connectivity index (χ3v) is 2.54. The highest BCUT2D eigenvalue weighted by molar-refractivity contribution is 5.46. The van der Waals surface area contributed by atoms with Gasteiger partial charge in [0, 0.05) is 11.7 Å². The first-order valence-corrected chi connectivity index (χ1v) is 5.69. The lowest BCUT2D eigenvalue weighted by atomic mass is 10.1. The Balaban J connectivity index is 2.69. The van der Waals surface area contributed by atoms with E-state index >= 15 is 0 Å². The SMILES string of the molecule is CCCC(CC)Nc1cc(C)cc(F)c1. The first kappa shape index (κ1) is 12.0. The van der Waals surface area contributed by atoms with E-state index in [1.807, 2.05) is 13.0 Å². The van der Waals surface area contributed by atoms with E-state index in [-0.39, 0.29) is 5.82 Å². The van der Waals surface area contributed by atoms with Crippen LogP contribution in [0.3, 0.4) is 0 Å². The summed E-state index contributed by atoms with van der Waals surface area (Å²) in [5.41, 5.74) is 1.86. The molecule has 0 saturated carbocycles. The van der Waals surface area contributed by atoms with Crippen molar-refractivity contribution in [3.8, 4) is 0 Å². The van der Waals surface area contributed by atoms with Gasteiger partial charge in [-0.25, -0.2) is 4.39 Å². The molecule has 0 aliphatic carbocycles. The van der Waals surface area contributed by atoms with Crippen LogP contribution in [-0.4, -0.2) is 6.04 Å². The van der Waals surface area contributed by atoms with Crippen molar-refractivity contribution in [3.63, 3.8) is 0 Å². The van der Waals surface area contributed by atoms with E-state index in [9.17, 15) is 4.39 Å². The summed E-state index contributed by atoms with van der Waals surface area (Å²) in [5.74, 6) is -0.163. The molecule has 1 N–H and O–H groups in total. The van der Waals surface area contributed by atoms with Crippen LogP contribution in [0.15, 0.2) is 18.2 Å². The summed E-state index contributed by atoms with van der Waals surface area (Å²) in [4.78, 5) is 0. The molecule has 0 spiro atoms. The van der Waals surface area contributed by atoms with Crippen molar-refractivity contribution in [3.05, 3.63) is 29.6 Å². The molecule has 0 saturated heterocycles. The molecule has 2 heteroatoms. The summed E-state index contributed by atoms with van der Waals surface area (Å²) in [6, 6.07) is 5.55. The Morgan fingerprint density at radius 3 is 2.53 bits per heavy atom. The third-order valence-electron chi connectivity index (χ3n) is 2.54. The molecule has 0 aliphatic rings. The third kappa shape index (κ3) is 3.90. The van der Waals surface area contributed by atoms with E-state index in [1.165, 1.54) is 0 Å². The van der Waals surface area contributed by atoms with Gasteiger partial charge in [-0.05, 0) is 43.5 Å². The molecule has 0 radical (unpaired) electrons. The van der Waals surface area contributed by atoms with E-state index < -0.39 is 0 Å². The van der Waals surface area contributed by atoms with Gasteiger partial charge in [-0.15, -0.1) is 0 Å². The number of halogens is 1. The monoisotopic (exact) mass is 209 g/mol. The summed E-state index contributed by atoms with van der Waals surface area (Å²) in [6.45, 7) is 6.23. The van der Waals surface area contributed by atoms with Gasteiger partial charge in [0.2, 0.25) is 0 Å². The lowest BCUT2D eigenvalue weighted by molar-refractivity contribution is 0.614. The van der Waals surface area contributed by atoms with Crippen molar-refractivity contribution in [2.24, 2.45) is 0 Å². The van der Waals surface area contributed by atoms with Gasteiger partial charge in [-0.3, -0.25) is 0 Å². The van der Waals surface area contributed by atoms with Gasteiger partial charge in [0.15, 0.2) is 0 Å². The van der Waals surface area contributed by atoms with Crippen LogP contribution < -0.4 is 5.32 Å². The molecule has 0 heterocycles. The molecular weight excluding hydrogens is 189 g/mol. The lowest BCUT2D eigenvalue weighted by Crippen LogP contribution is -2.18. The fourth-order valence-corrected chi connectivity index (χ4v) is 1.78. The van der Waals surface area contributed by atoms with Gasteiger partial charge < -0.3 is 5.32 Å². The lowest BCUT2D eigenvalue weighted by Gasteiger charge is -2.17. The van der Waals surface area contributed by atoms with Gasteiger partial charge in [0.25, 0.3) is 0 Å². The normalized spacial score (nSPS) is 12.5. The Bertz CT molecular complexity index is 289. The number of rotatable bonds is 5. The zero-order valence-electron chi connectivity index (χ0n) is 9.81. The standard InChI is InChI=1S/C13H20FN/c1-4-6-12(5-2)15-13-8-10(3)7-11(14)9-13/h7-9,12,15H,4-6H2,1-3H3. The average molecular weight is 209 g/mol. The second-order valence-corrected chi connectivity index (χ2v) is 4.06. The molecular formula is C13H20FN. The maximum absolute atomic E-state index is 13.1. The van der Waals surface area contributed by atoms with Crippen molar-refractivity contribution in [2.45, 2.75) is 46.1 Å². The molecule has 1 atom stereocenters. The smallest absolute Gasteiger partial charge is 0.125 e. The Hall–Kier alpha value is -1.05. The van der Waals surface area contributed by atoms with Crippen molar-refractivity contribution in [1.82, 2.24) is 0 Å². The van der Waals surface area contributed by atoms with Crippen LogP contribution in [0.1, 0.15) is 38.7 Å². The van der Waals surface area contributed by atoms with Crippen LogP contribution in [0.4, 0.5) is 10.1 Å². The quantitative estimate of drug-likeness (QED) is 0.769. The molecule has 1 nitrogen and oxygen atoms in total. The summed E-state index contributed by atoms with van der Waals surface area (Å²) in [6.07, 6.45) is 3.36. The van der Waals surface area contributed by atoms with Crippen LogP contribution in [0.25, 0.3) is 0 Å². The highest BCUT2D eigenvalue weighted by atomic mass is 19.1. The summed E-state index contributed by atoms with van der Waals surface area (Å²) < 4.78 is 13.1. The second-order valence-electron chi connectivity index (χ2n) is 4.06. The van der Waals surface area contributed by atoms with Gasteiger partial charge in [0.1, 0.15) is 5.82 Å². The number of benzene rings is 1. The molecule has 1 rings (SSSR count).